The molecule has 0 bridgehead atoms. The summed E-state index contributed by atoms with van der Waals surface area (Å²) in [6, 6.07) is 0.164. The maximum atomic E-state index is 12.2. The van der Waals surface area contributed by atoms with Crippen LogP contribution in [0.3, 0.4) is 0 Å². The van der Waals surface area contributed by atoms with Crippen molar-refractivity contribution >= 4 is 11.6 Å². The highest BCUT2D eigenvalue weighted by Crippen LogP contribution is 2.22. The average molecular weight is 252 g/mol. The van der Waals surface area contributed by atoms with E-state index < -0.39 is 0 Å². The van der Waals surface area contributed by atoms with Gasteiger partial charge in [0.2, 0.25) is 0 Å². The maximum absolute atomic E-state index is 12.2. The predicted octanol–water partition coefficient (Wildman–Crippen LogP) is 0.608. The molecule has 2 unspecified atom stereocenters. The van der Waals surface area contributed by atoms with Crippen LogP contribution in [0.15, 0.2) is 0 Å². The van der Waals surface area contributed by atoms with Crippen molar-refractivity contribution < 1.29 is 9.53 Å². The number of aromatic nitrogens is 2. The van der Waals surface area contributed by atoms with E-state index in [0.717, 1.165) is 19.3 Å². The molecule has 1 aromatic rings. The summed E-state index contributed by atoms with van der Waals surface area (Å²) in [5.41, 5.74) is 7.44. The Labute approximate surface area is 106 Å². The average Bonchev–Trinajstić information content (AvgIpc) is 2.85. The Morgan fingerprint density at radius 3 is 2.78 bits per heavy atom. The minimum Gasteiger partial charge on any atom is -0.395 e. The summed E-state index contributed by atoms with van der Waals surface area (Å²) in [5.74, 6) is -0.155. The van der Waals surface area contributed by atoms with Crippen LogP contribution in [-0.2, 0) is 11.8 Å². The van der Waals surface area contributed by atoms with Gasteiger partial charge in [-0.1, -0.05) is 0 Å². The standard InChI is InChI=1S/C12H20N4O2/c1-7-10(13)11(16(2)15-7)12(17)14-8-4-5-9(6-8)18-3/h8-9H,4-6,13H2,1-3H3,(H,14,17). The molecule has 1 fully saturated rings. The van der Waals surface area contributed by atoms with Gasteiger partial charge in [0, 0.05) is 20.2 Å². The summed E-state index contributed by atoms with van der Waals surface area (Å²) in [7, 11) is 3.43. The summed E-state index contributed by atoms with van der Waals surface area (Å²) in [5, 5.41) is 7.14. The number of carbonyl (C=O) groups is 1. The number of rotatable bonds is 3. The molecule has 6 nitrogen and oxygen atoms in total. The molecule has 1 aromatic heterocycles. The highest BCUT2D eigenvalue weighted by atomic mass is 16.5. The minimum atomic E-state index is -0.155. The topological polar surface area (TPSA) is 82.2 Å². The van der Waals surface area contributed by atoms with Crippen LogP contribution in [0.2, 0.25) is 0 Å². The SMILES string of the molecule is COC1CCC(NC(=O)c2c(N)c(C)nn2C)C1. The monoisotopic (exact) mass is 252 g/mol. The molecule has 1 heterocycles. The first-order valence-corrected chi connectivity index (χ1v) is 6.15. The van der Waals surface area contributed by atoms with Gasteiger partial charge in [0.15, 0.2) is 0 Å². The second-order valence-electron chi connectivity index (χ2n) is 4.81. The van der Waals surface area contributed by atoms with Crippen LogP contribution in [0, 0.1) is 6.92 Å². The lowest BCUT2D eigenvalue weighted by atomic mass is 10.2. The molecule has 2 rings (SSSR count). The van der Waals surface area contributed by atoms with E-state index in [1.54, 1.807) is 21.1 Å². The number of amides is 1. The normalized spacial score (nSPS) is 23.3. The third-order valence-corrected chi connectivity index (χ3v) is 3.54. The van der Waals surface area contributed by atoms with Crippen LogP contribution in [-0.4, -0.2) is 34.9 Å². The summed E-state index contributed by atoms with van der Waals surface area (Å²) in [4.78, 5) is 12.2. The minimum absolute atomic E-state index is 0.155. The molecule has 1 aliphatic rings. The Morgan fingerprint density at radius 1 is 1.56 bits per heavy atom. The number of ether oxygens (including phenoxy) is 1. The first kappa shape index (κ1) is 12.9. The van der Waals surface area contributed by atoms with Crippen molar-refractivity contribution in [1.82, 2.24) is 15.1 Å². The molecule has 18 heavy (non-hydrogen) atoms. The number of aryl methyl sites for hydroxylation is 2. The third-order valence-electron chi connectivity index (χ3n) is 3.54. The lowest BCUT2D eigenvalue weighted by molar-refractivity contribution is 0.0907. The Balaban J connectivity index is 2.04. The van der Waals surface area contributed by atoms with Crippen molar-refractivity contribution in [1.29, 1.82) is 0 Å². The number of nitrogen functional groups attached to an aromatic ring is 1. The third kappa shape index (κ3) is 2.33. The molecule has 6 heteroatoms. The molecular formula is C12H20N4O2. The molecule has 3 N–H and O–H groups in total. The summed E-state index contributed by atoms with van der Waals surface area (Å²) in [6.07, 6.45) is 3.04. The van der Waals surface area contributed by atoms with E-state index >= 15 is 0 Å². The van der Waals surface area contributed by atoms with Gasteiger partial charge in [-0.2, -0.15) is 5.10 Å². The zero-order valence-electron chi connectivity index (χ0n) is 11.1. The van der Waals surface area contributed by atoms with Crippen LogP contribution in [0.1, 0.15) is 35.4 Å². The molecule has 0 radical (unpaired) electrons. The van der Waals surface area contributed by atoms with Gasteiger partial charge in [-0.05, 0) is 26.2 Å². The smallest absolute Gasteiger partial charge is 0.271 e. The van der Waals surface area contributed by atoms with E-state index in [4.69, 9.17) is 10.5 Å². The zero-order valence-corrected chi connectivity index (χ0v) is 11.1. The lowest BCUT2D eigenvalue weighted by Gasteiger charge is -2.13. The fourth-order valence-electron chi connectivity index (χ4n) is 2.48. The van der Waals surface area contributed by atoms with Gasteiger partial charge in [0.1, 0.15) is 5.69 Å². The number of methoxy groups -OCH3 is 1. The second-order valence-corrected chi connectivity index (χ2v) is 4.81. The quantitative estimate of drug-likeness (QED) is 0.825. The Morgan fingerprint density at radius 2 is 2.28 bits per heavy atom. The van der Waals surface area contributed by atoms with E-state index in [2.05, 4.69) is 10.4 Å². The molecule has 0 aliphatic heterocycles. The summed E-state index contributed by atoms with van der Waals surface area (Å²) >= 11 is 0. The number of hydrogen-bond acceptors (Lipinski definition) is 4. The number of anilines is 1. The molecule has 1 saturated carbocycles. The van der Waals surface area contributed by atoms with E-state index in [-0.39, 0.29) is 18.1 Å². The van der Waals surface area contributed by atoms with Gasteiger partial charge < -0.3 is 15.8 Å². The van der Waals surface area contributed by atoms with E-state index in [1.807, 2.05) is 0 Å². The van der Waals surface area contributed by atoms with Crippen LogP contribution >= 0.6 is 0 Å². The highest BCUT2D eigenvalue weighted by molar-refractivity contribution is 5.98. The van der Waals surface area contributed by atoms with Gasteiger partial charge in [0.25, 0.3) is 5.91 Å². The van der Waals surface area contributed by atoms with Crippen LogP contribution in [0.4, 0.5) is 5.69 Å². The summed E-state index contributed by atoms with van der Waals surface area (Å²) < 4.78 is 6.82. The fraction of sp³-hybridized carbons (Fsp3) is 0.667. The Kier molecular flexibility index (Phi) is 3.56. The predicted molar refractivity (Wildman–Crippen MR) is 68.3 cm³/mol. The Hall–Kier alpha value is -1.56. The molecule has 100 valence electrons. The van der Waals surface area contributed by atoms with Crippen molar-refractivity contribution in [3.63, 3.8) is 0 Å². The van der Waals surface area contributed by atoms with Crippen molar-refractivity contribution in [2.24, 2.45) is 7.05 Å². The van der Waals surface area contributed by atoms with Crippen molar-refractivity contribution in [3.05, 3.63) is 11.4 Å². The molecule has 0 saturated heterocycles. The van der Waals surface area contributed by atoms with Crippen molar-refractivity contribution in [3.8, 4) is 0 Å². The van der Waals surface area contributed by atoms with E-state index in [1.165, 1.54) is 4.68 Å². The van der Waals surface area contributed by atoms with Gasteiger partial charge >= 0.3 is 0 Å². The summed E-state index contributed by atoms with van der Waals surface area (Å²) in [6.45, 7) is 1.79. The van der Waals surface area contributed by atoms with E-state index in [0.29, 0.717) is 17.1 Å². The first-order valence-electron chi connectivity index (χ1n) is 6.15. The highest BCUT2D eigenvalue weighted by Gasteiger charge is 2.27. The zero-order chi connectivity index (χ0) is 13.3. The second kappa shape index (κ2) is 4.97. The molecule has 0 spiro atoms. The molecular weight excluding hydrogens is 232 g/mol. The number of nitrogens with one attached hydrogen (secondary N) is 1. The molecule has 1 amide bonds. The fourth-order valence-corrected chi connectivity index (χ4v) is 2.48. The van der Waals surface area contributed by atoms with Crippen molar-refractivity contribution in [2.45, 2.75) is 38.3 Å². The number of nitrogens with two attached hydrogens (primary N) is 1. The van der Waals surface area contributed by atoms with Gasteiger partial charge in [-0.15, -0.1) is 0 Å². The number of nitrogens with zero attached hydrogens (tertiary/aromatic N) is 2. The first-order chi connectivity index (χ1) is 8.52. The number of hydrogen-bond donors (Lipinski definition) is 2. The molecule has 1 aliphatic carbocycles. The van der Waals surface area contributed by atoms with Crippen molar-refractivity contribution in [2.75, 3.05) is 12.8 Å². The van der Waals surface area contributed by atoms with E-state index in [9.17, 15) is 4.79 Å². The van der Waals surface area contributed by atoms with Crippen LogP contribution < -0.4 is 11.1 Å². The molecule has 2 atom stereocenters. The number of carbonyl (C=O) groups excluding carboxylic acids is 1. The molecule has 0 aromatic carbocycles. The lowest BCUT2D eigenvalue weighted by Crippen LogP contribution is -2.35. The Bertz CT molecular complexity index is 455. The van der Waals surface area contributed by atoms with Crippen LogP contribution in [0.5, 0.6) is 0 Å². The van der Waals surface area contributed by atoms with Gasteiger partial charge in [-0.25, -0.2) is 0 Å². The van der Waals surface area contributed by atoms with Gasteiger partial charge in [-0.3, -0.25) is 9.48 Å². The van der Waals surface area contributed by atoms with Crippen LogP contribution in [0.25, 0.3) is 0 Å². The van der Waals surface area contributed by atoms with Gasteiger partial charge in [0.05, 0.1) is 17.5 Å². The largest absolute Gasteiger partial charge is 0.395 e. The maximum Gasteiger partial charge on any atom is 0.271 e.